The Kier molecular flexibility index (Phi) is 3.62. The number of hydrogen-bond acceptors (Lipinski definition) is 2. The third kappa shape index (κ3) is 2.51. The van der Waals surface area contributed by atoms with Crippen molar-refractivity contribution in [2.75, 3.05) is 13.1 Å². The van der Waals surface area contributed by atoms with E-state index in [9.17, 15) is 4.79 Å². The summed E-state index contributed by atoms with van der Waals surface area (Å²) in [4.78, 5) is 14.0. The zero-order valence-corrected chi connectivity index (χ0v) is 9.45. The number of likely N-dealkylation sites (tertiary alicyclic amines) is 1. The monoisotopic (exact) mass is 210 g/mol. The van der Waals surface area contributed by atoms with E-state index in [-0.39, 0.29) is 11.9 Å². The van der Waals surface area contributed by atoms with Crippen LogP contribution in [0.4, 0.5) is 0 Å². The molecular formula is C12H22N2O. The molecule has 0 unspecified atom stereocenters. The van der Waals surface area contributed by atoms with Gasteiger partial charge in [0.1, 0.15) is 0 Å². The van der Waals surface area contributed by atoms with Gasteiger partial charge in [-0.25, -0.2) is 0 Å². The number of amides is 1. The summed E-state index contributed by atoms with van der Waals surface area (Å²) in [6.07, 6.45) is 8.45. The molecule has 1 aliphatic heterocycles. The number of nitrogens with zero attached hydrogens (tertiary/aromatic N) is 1. The third-order valence-corrected chi connectivity index (χ3v) is 3.86. The van der Waals surface area contributed by atoms with Crippen molar-refractivity contribution in [3.63, 3.8) is 0 Å². The Morgan fingerprint density at radius 3 is 2.27 bits per heavy atom. The van der Waals surface area contributed by atoms with Crippen LogP contribution < -0.4 is 5.73 Å². The highest BCUT2D eigenvalue weighted by Crippen LogP contribution is 2.26. The quantitative estimate of drug-likeness (QED) is 0.751. The molecule has 1 heterocycles. The molecule has 0 aromatic rings. The van der Waals surface area contributed by atoms with Crippen LogP contribution in [0.2, 0.25) is 0 Å². The smallest absolute Gasteiger partial charge is 0.239 e. The van der Waals surface area contributed by atoms with E-state index in [1.807, 2.05) is 4.90 Å². The van der Waals surface area contributed by atoms with Crippen molar-refractivity contribution in [1.82, 2.24) is 4.90 Å². The van der Waals surface area contributed by atoms with Crippen LogP contribution in [-0.2, 0) is 4.79 Å². The van der Waals surface area contributed by atoms with Crippen molar-refractivity contribution >= 4 is 5.91 Å². The number of nitrogens with two attached hydrogens (primary N) is 1. The molecule has 1 aliphatic carbocycles. The molecule has 1 amide bonds. The van der Waals surface area contributed by atoms with Crippen LogP contribution >= 0.6 is 0 Å². The molecule has 1 saturated heterocycles. The molecule has 0 bridgehead atoms. The number of rotatable bonds is 2. The summed E-state index contributed by atoms with van der Waals surface area (Å²) in [7, 11) is 0. The maximum Gasteiger partial charge on any atom is 0.239 e. The van der Waals surface area contributed by atoms with Gasteiger partial charge in [0.05, 0.1) is 6.04 Å². The normalized spacial score (nSPS) is 25.5. The molecule has 0 radical (unpaired) electrons. The van der Waals surface area contributed by atoms with Gasteiger partial charge >= 0.3 is 0 Å². The molecule has 0 spiro atoms. The molecule has 86 valence electrons. The summed E-state index contributed by atoms with van der Waals surface area (Å²) in [5.41, 5.74) is 6.08. The van der Waals surface area contributed by atoms with Crippen molar-refractivity contribution in [3.8, 4) is 0 Å². The van der Waals surface area contributed by atoms with Gasteiger partial charge in [0.15, 0.2) is 0 Å². The molecule has 0 aromatic heterocycles. The van der Waals surface area contributed by atoms with Crippen LogP contribution in [0, 0.1) is 5.92 Å². The van der Waals surface area contributed by atoms with Gasteiger partial charge in [-0.1, -0.05) is 19.3 Å². The molecule has 3 nitrogen and oxygen atoms in total. The van der Waals surface area contributed by atoms with Crippen molar-refractivity contribution in [3.05, 3.63) is 0 Å². The fourth-order valence-corrected chi connectivity index (χ4v) is 2.84. The van der Waals surface area contributed by atoms with Gasteiger partial charge < -0.3 is 10.6 Å². The molecule has 1 saturated carbocycles. The van der Waals surface area contributed by atoms with Crippen molar-refractivity contribution in [2.45, 2.75) is 51.0 Å². The molecular weight excluding hydrogens is 188 g/mol. The highest BCUT2D eigenvalue weighted by atomic mass is 16.2. The summed E-state index contributed by atoms with van der Waals surface area (Å²) in [5.74, 6) is 0.659. The highest BCUT2D eigenvalue weighted by Gasteiger charge is 2.30. The summed E-state index contributed by atoms with van der Waals surface area (Å²) >= 11 is 0. The first-order valence-electron chi connectivity index (χ1n) is 6.33. The molecule has 0 aromatic carbocycles. The molecule has 2 rings (SSSR count). The first-order chi connectivity index (χ1) is 7.29. The molecule has 3 heteroatoms. The van der Waals surface area contributed by atoms with Crippen LogP contribution in [-0.4, -0.2) is 29.9 Å². The Morgan fingerprint density at radius 1 is 1.07 bits per heavy atom. The van der Waals surface area contributed by atoms with Crippen LogP contribution in [0.3, 0.4) is 0 Å². The SMILES string of the molecule is N[C@H](C(=O)N1CCCC1)C1CCCCC1. The van der Waals surface area contributed by atoms with Gasteiger partial charge in [0.2, 0.25) is 5.91 Å². The van der Waals surface area contributed by atoms with Crippen molar-refractivity contribution in [1.29, 1.82) is 0 Å². The zero-order valence-electron chi connectivity index (χ0n) is 9.45. The Labute approximate surface area is 92.0 Å². The standard InChI is InChI=1S/C12H22N2O/c13-11(10-6-2-1-3-7-10)12(15)14-8-4-5-9-14/h10-11H,1-9,13H2/t11-/m0/s1. The Bertz CT molecular complexity index is 218. The maximum absolute atomic E-state index is 12.0. The van der Waals surface area contributed by atoms with E-state index in [0.717, 1.165) is 38.8 Å². The largest absolute Gasteiger partial charge is 0.341 e. The second-order valence-corrected chi connectivity index (χ2v) is 4.96. The minimum Gasteiger partial charge on any atom is -0.341 e. The third-order valence-electron chi connectivity index (χ3n) is 3.86. The Balaban J connectivity index is 1.87. The topological polar surface area (TPSA) is 46.3 Å². The van der Waals surface area contributed by atoms with Crippen LogP contribution in [0.25, 0.3) is 0 Å². The first kappa shape index (κ1) is 10.9. The predicted molar refractivity (Wildman–Crippen MR) is 60.4 cm³/mol. The minimum atomic E-state index is -0.219. The molecule has 2 fully saturated rings. The summed E-state index contributed by atoms with van der Waals surface area (Å²) in [6.45, 7) is 1.86. The van der Waals surface area contributed by atoms with E-state index in [2.05, 4.69) is 0 Å². The fraction of sp³-hybridized carbons (Fsp3) is 0.917. The summed E-state index contributed by atoms with van der Waals surface area (Å²) < 4.78 is 0. The second-order valence-electron chi connectivity index (χ2n) is 4.96. The molecule has 15 heavy (non-hydrogen) atoms. The van der Waals surface area contributed by atoms with E-state index in [4.69, 9.17) is 5.73 Å². The molecule has 2 aliphatic rings. The van der Waals surface area contributed by atoms with Crippen molar-refractivity contribution < 1.29 is 4.79 Å². The first-order valence-corrected chi connectivity index (χ1v) is 6.33. The summed E-state index contributed by atoms with van der Waals surface area (Å²) in [5, 5.41) is 0. The van der Waals surface area contributed by atoms with Gasteiger partial charge in [-0.2, -0.15) is 0 Å². The van der Waals surface area contributed by atoms with E-state index in [0.29, 0.717) is 5.92 Å². The van der Waals surface area contributed by atoms with Crippen molar-refractivity contribution in [2.24, 2.45) is 11.7 Å². The number of carbonyl (C=O) groups is 1. The average Bonchev–Trinajstić information content (AvgIpc) is 2.82. The average molecular weight is 210 g/mol. The lowest BCUT2D eigenvalue weighted by atomic mass is 9.84. The van der Waals surface area contributed by atoms with E-state index in [1.165, 1.54) is 19.3 Å². The Hall–Kier alpha value is -0.570. The zero-order chi connectivity index (χ0) is 10.7. The maximum atomic E-state index is 12.0. The van der Waals surface area contributed by atoms with Gasteiger partial charge in [-0.15, -0.1) is 0 Å². The van der Waals surface area contributed by atoms with E-state index in [1.54, 1.807) is 0 Å². The molecule has 1 atom stereocenters. The van der Waals surface area contributed by atoms with Gasteiger partial charge in [0, 0.05) is 13.1 Å². The van der Waals surface area contributed by atoms with Gasteiger partial charge in [-0.05, 0) is 31.6 Å². The van der Waals surface area contributed by atoms with E-state index < -0.39 is 0 Å². The van der Waals surface area contributed by atoms with E-state index >= 15 is 0 Å². The lowest BCUT2D eigenvalue weighted by Crippen LogP contribution is -2.47. The lowest BCUT2D eigenvalue weighted by Gasteiger charge is -2.29. The number of hydrogen-bond donors (Lipinski definition) is 1. The minimum absolute atomic E-state index is 0.208. The predicted octanol–water partition coefficient (Wildman–Crippen LogP) is 1.52. The number of carbonyl (C=O) groups excluding carboxylic acids is 1. The summed E-state index contributed by atoms with van der Waals surface area (Å²) in [6, 6.07) is -0.219. The van der Waals surface area contributed by atoms with Crippen LogP contribution in [0.15, 0.2) is 0 Å². The fourth-order valence-electron chi connectivity index (χ4n) is 2.84. The van der Waals surface area contributed by atoms with Gasteiger partial charge in [0.25, 0.3) is 0 Å². The molecule has 2 N–H and O–H groups in total. The second kappa shape index (κ2) is 4.97. The van der Waals surface area contributed by atoms with Crippen LogP contribution in [0.5, 0.6) is 0 Å². The highest BCUT2D eigenvalue weighted by molar-refractivity contribution is 5.82. The van der Waals surface area contributed by atoms with Crippen LogP contribution in [0.1, 0.15) is 44.9 Å². The Morgan fingerprint density at radius 2 is 1.67 bits per heavy atom. The lowest BCUT2D eigenvalue weighted by molar-refractivity contribution is -0.133. The van der Waals surface area contributed by atoms with Gasteiger partial charge in [-0.3, -0.25) is 4.79 Å².